The number of aromatic carboxylic acids is 1. The predicted molar refractivity (Wildman–Crippen MR) is 127 cm³/mol. The van der Waals surface area contributed by atoms with Gasteiger partial charge in [0.2, 0.25) is 0 Å². The van der Waals surface area contributed by atoms with E-state index in [4.69, 9.17) is 4.98 Å². The zero-order chi connectivity index (χ0) is 22.7. The highest BCUT2D eigenvalue weighted by Gasteiger charge is 2.14. The molecule has 4 aromatic rings. The molecule has 1 heterocycles. The van der Waals surface area contributed by atoms with Crippen molar-refractivity contribution in [3.63, 3.8) is 0 Å². The van der Waals surface area contributed by atoms with E-state index in [0.29, 0.717) is 17.5 Å². The van der Waals surface area contributed by atoms with Gasteiger partial charge < -0.3 is 5.11 Å². The van der Waals surface area contributed by atoms with Crippen LogP contribution in [0.5, 0.6) is 0 Å². The van der Waals surface area contributed by atoms with E-state index < -0.39 is 5.97 Å². The number of unbranched alkanes of at least 4 members (excludes halogenated alkanes) is 1. The van der Waals surface area contributed by atoms with Crippen LogP contribution < -0.4 is 5.56 Å². The molecule has 32 heavy (non-hydrogen) atoms. The van der Waals surface area contributed by atoms with Crippen LogP contribution in [-0.2, 0) is 13.0 Å². The first-order valence-electron chi connectivity index (χ1n) is 10.9. The van der Waals surface area contributed by atoms with Crippen molar-refractivity contribution >= 4 is 16.9 Å². The lowest BCUT2D eigenvalue weighted by Gasteiger charge is -2.15. The van der Waals surface area contributed by atoms with Gasteiger partial charge in [-0.1, -0.05) is 67.9 Å². The van der Waals surface area contributed by atoms with Crippen molar-refractivity contribution in [2.24, 2.45) is 0 Å². The molecule has 0 aliphatic rings. The molecule has 0 bridgehead atoms. The second-order valence-electron chi connectivity index (χ2n) is 8.04. The Hall–Kier alpha value is -3.73. The van der Waals surface area contributed by atoms with Gasteiger partial charge in [0.15, 0.2) is 0 Å². The van der Waals surface area contributed by atoms with Crippen LogP contribution in [0.1, 0.15) is 47.1 Å². The van der Waals surface area contributed by atoms with Gasteiger partial charge in [0.05, 0.1) is 23.0 Å². The van der Waals surface area contributed by atoms with Gasteiger partial charge in [0.25, 0.3) is 5.56 Å². The van der Waals surface area contributed by atoms with Crippen LogP contribution in [-0.4, -0.2) is 20.6 Å². The fourth-order valence-corrected chi connectivity index (χ4v) is 4.01. The summed E-state index contributed by atoms with van der Waals surface area (Å²) in [5.74, 6) is -0.145. The Morgan fingerprint density at radius 3 is 2.47 bits per heavy atom. The Bertz CT molecular complexity index is 1340. The fourth-order valence-electron chi connectivity index (χ4n) is 4.01. The summed E-state index contributed by atoms with van der Waals surface area (Å²) in [6, 6.07) is 20.4. The molecule has 0 spiro atoms. The topological polar surface area (TPSA) is 72.2 Å². The summed E-state index contributed by atoms with van der Waals surface area (Å²) in [5.41, 5.74) is 4.51. The number of aryl methyl sites for hydroxylation is 2. The molecule has 0 aliphatic carbocycles. The lowest BCUT2D eigenvalue weighted by Crippen LogP contribution is -2.26. The molecule has 3 aromatic carbocycles. The van der Waals surface area contributed by atoms with E-state index >= 15 is 0 Å². The highest BCUT2D eigenvalue weighted by Crippen LogP contribution is 2.24. The fraction of sp³-hybridized carbons (Fsp3) is 0.222. The number of nitrogens with zero attached hydrogens (tertiary/aromatic N) is 2. The molecule has 1 aromatic heterocycles. The number of hydrogen-bond acceptors (Lipinski definition) is 3. The molecule has 0 fully saturated rings. The molecule has 0 radical (unpaired) electrons. The summed E-state index contributed by atoms with van der Waals surface area (Å²) >= 11 is 0. The SMILES string of the molecule is CCCCc1nc2c(C)cccc2c(=O)n1Cc1ccc(-c2ccccc2C(=O)O)cc1. The molecule has 0 atom stereocenters. The second kappa shape index (κ2) is 9.18. The third-order valence-corrected chi connectivity index (χ3v) is 5.78. The van der Waals surface area contributed by atoms with Crippen molar-refractivity contribution < 1.29 is 9.90 Å². The lowest BCUT2D eigenvalue weighted by atomic mass is 9.98. The number of fused-ring (bicyclic) bond motifs is 1. The summed E-state index contributed by atoms with van der Waals surface area (Å²) in [6.45, 7) is 4.54. The van der Waals surface area contributed by atoms with E-state index in [1.165, 1.54) is 0 Å². The maximum absolute atomic E-state index is 13.3. The van der Waals surface area contributed by atoms with Gasteiger partial charge in [0, 0.05) is 6.42 Å². The quantitative estimate of drug-likeness (QED) is 0.426. The number of aromatic nitrogens is 2. The standard InChI is InChI=1S/C27H26N2O3/c1-3-4-12-24-28-25-18(2)8-7-11-23(25)26(30)29(24)17-19-13-15-20(16-14-19)21-9-5-6-10-22(21)27(31)32/h5-11,13-16H,3-4,12,17H2,1-2H3,(H,31,32). The number of carboxylic acid groups (broad SMARTS) is 1. The minimum absolute atomic E-state index is 0.0231. The molecule has 4 rings (SSSR count). The van der Waals surface area contributed by atoms with Gasteiger partial charge in [-0.2, -0.15) is 0 Å². The van der Waals surface area contributed by atoms with Gasteiger partial charge in [-0.3, -0.25) is 9.36 Å². The van der Waals surface area contributed by atoms with E-state index in [9.17, 15) is 14.7 Å². The molecule has 1 N–H and O–H groups in total. The average Bonchev–Trinajstić information content (AvgIpc) is 2.81. The maximum Gasteiger partial charge on any atom is 0.336 e. The van der Waals surface area contributed by atoms with Crippen molar-refractivity contribution in [3.05, 3.63) is 99.6 Å². The Kier molecular flexibility index (Phi) is 6.17. The summed E-state index contributed by atoms with van der Waals surface area (Å²) in [6.07, 6.45) is 2.74. The first-order valence-corrected chi connectivity index (χ1v) is 10.9. The van der Waals surface area contributed by atoms with Crippen molar-refractivity contribution in [2.75, 3.05) is 0 Å². The molecule has 5 heteroatoms. The Morgan fingerprint density at radius 1 is 1.00 bits per heavy atom. The van der Waals surface area contributed by atoms with E-state index in [-0.39, 0.29) is 11.1 Å². The van der Waals surface area contributed by atoms with Crippen molar-refractivity contribution in [3.8, 4) is 11.1 Å². The molecule has 5 nitrogen and oxygen atoms in total. The molecule has 162 valence electrons. The minimum Gasteiger partial charge on any atom is -0.478 e. The van der Waals surface area contributed by atoms with Crippen molar-refractivity contribution in [1.29, 1.82) is 0 Å². The minimum atomic E-state index is -0.950. The molecule has 0 saturated heterocycles. The van der Waals surface area contributed by atoms with E-state index in [1.54, 1.807) is 22.8 Å². The molecular formula is C27H26N2O3. The van der Waals surface area contributed by atoms with E-state index in [2.05, 4.69) is 6.92 Å². The molecule has 0 saturated carbocycles. The zero-order valence-corrected chi connectivity index (χ0v) is 18.3. The third-order valence-electron chi connectivity index (χ3n) is 5.78. The van der Waals surface area contributed by atoms with Gasteiger partial charge in [-0.15, -0.1) is 0 Å². The first-order chi connectivity index (χ1) is 15.5. The smallest absolute Gasteiger partial charge is 0.336 e. The van der Waals surface area contributed by atoms with Crippen LogP contribution in [0.2, 0.25) is 0 Å². The normalized spacial score (nSPS) is 11.1. The van der Waals surface area contributed by atoms with Crippen LogP contribution in [0.15, 0.2) is 71.5 Å². The third kappa shape index (κ3) is 4.19. The lowest BCUT2D eigenvalue weighted by molar-refractivity contribution is 0.0697. The highest BCUT2D eigenvalue weighted by atomic mass is 16.4. The highest BCUT2D eigenvalue weighted by molar-refractivity contribution is 5.96. The first kappa shape index (κ1) is 21.5. The molecular weight excluding hydrogens is 400 g/mol. The summed E-state index contributed by atoms with van der Waals surface area (Å²) in [5, 5.41) is 10.1. The largest absolute Gasteiger partial charge is 0.478 e. The average molecular weight is 427 g/mol. The van der Waals surface area contributed by atoms with Crippen LogP contribution in [0, 0.1) is 6.92 Å². The summed E-state index contributed by atoms with van der Waals surface area (Å²) in [7, 11) is 0. The number of para-hydroxylation sites is 1. The summed E-state index contributed by atoms with van der Waals surface area (Å²) in [4.78, 5) is 29.7. The summed E-state index contributed by atoms with van der Waals surface area (Å²) < 4.78 is 1.78. The monoisotopic (exact) mass is 426 g/mol. The van der Waals surface area contributed by atoms with Gasteiger partial charge in [-0.05, 0) is 47.7 Å². The molecule has 0 aliphatic heterocycles. The Morgan fingerprint density at radius 2 is 1.75 bits per heavy atom. The number of hydrogen-bond donors (Lipinski definition) is 1. The maximum atomic E-state index is 13.3. The van der Waals surface area contributed by atoms with Crippen molar-refractivity contribution in [2.45, 2.75) is 39.7 Å². The second-order valence-corrected chi connectivity index (χ2v) is 8.04. The zero-order valence-electron chi connectivity index (χ0n) is 18.3. The van der Waals surface area contributed by atoms with Gasteiger partial charge in [0.1, 0.15) is 5.82 Å². The van der Waals surface area contributed by atoms with Gasteiger partial charge >= 0.3 is 5.97 Å². The van der Waals surface area contributed by atoms with E-state index in [0.717, 1.165) is 47.3 Å². The Balaban J connectivity index is 1.73. The molecule has 0 unspecified atom stereocenters. The number of benzene rings is 3. The number of carboxylic acids is 1. The van der Waals surface area contributed by atoms with E-state index in [1.807, 2.05) is 55.5 Å². The predicted octanol–water partition coefficient (Wildman–Crippen LogP) is 5.46. The van der Waals surface area contributed by atoms with Crippen LogP contribution in [0.25, 0.3) is 22.0 Å². The number of rotatable bonds is 7. The van der Waals surface area contributed by atoms with Crippen LogP contribution >= 0.6 is 0 Å². The van der Waals surface area contributed by atoms with Crippen LogP contribution in [0.3, 0.4) is 0 Å². The number of carbonyl (C=O) groups is 1. The molecule has 0 amide bonds. The Labute approximate surface area is 187 Å². The van der Waals surface area contributed by atoms with Crippen molar-refractivity contribution in [1.82, 2.24) is 9.55 Å². The van der Waals surface area contributed by atoms with Gasteiger partial charge in [-0.25, -0.2) is 9.78 Å². The van der Waals surface area contributed by atoms with Crippen LogP contribution in [0.4, 0.5) is 0 Å².